The number of carboxylic acids is 9. The third-order valence-electron chi connectivity index (χ3n) is 6.84. The highest BCUT2D eigenvalue weighted by Gasteiger charge is 2.46. The lowest BCUT2D eigenvalue weighted by Gasteiger charge is -2.16. The van der Waals surface area contributed by atoms with Crippen LogP contribution in [0.1, 0.15) is 81.7 Å². The lowest BCUT2D eigenvalue weighted by molar-refractivity contribution is -0.394. The molecule has 4 aromatic rings. The SMILES string of the molecule is CC(=O)O.CC(=O)O.CC(=O)O.CC(=O)O.CC(=O)O.CC(=O)O.CC(=O)O.CC(=O)O.CC(=O)O.CC(=O)OC[C@H]1O[C@@H](n2cnc3c(N)ncnc32)[C@H](O)[C@@H]1O.Nc1nc([N+](=O)[O-])nc2c1ncn2[C@@H]1O[C@H](CO)[C@@H](O)[C@H]1O. The fraction of sp³-hybridized carbons (Fsp3) is 0.500. The van der Waals surface area contributed by atoms with E-state index in [2.05, 4.69) is 29.9 Å². The van der Waals surface area contributed by atoms with Crippen LogP contribution in [-0.2, 0) is 62.2 Å². The Balaban J connectivity index is -0.000000296. The highest BCUT2D eigenvalue weighted by atomic mass is 16.6. The average Bonchev–Trinajstić information content (AvgIpc) is 4.03. The number of nitrogen functional groups attached to an aromatic ring is 2. The van der Waals surface area contributed by atoms with Crippen molar-refractivity contribution in [3.63, 3.8) is 0 Å². The summed E-state index contributed by atoms with van der Waals surface area (Å²) in [6.45, 7) is 10.3. The number of aliphatic carboxylic acids is 9. The molecular formula is C40H63N11O29. The molecule has 40 heteroatoms. The van der Waals surface area contributed by atoms with E-state index in [9.17, 15) is 35.3 Å². The van der Waals surface area contributed by atoms with Gasteiger partial charge < -0.3 is 107 Å². The minimum Gasteiger partial charge on any atom is -0.481 e. The number of nitro groups is 1. The zero-order valence-electron chi connectivity index (χ0n) is 43.8. The van der Waals surface area contributed by atoms with Gasteiger partial charge in [-0.15, -0.1) is 0 Å². The topological polar surface area (TPSA) is 664 Å². The van der Waals surface area contributed by atoms with Gasteiger partial charge in [-0.2, -0.15) is 0 Å². The second kappa shape index (κ2) is 41.7. The number of nitrogens with zero attached hydrogens (tertiary/aromatic N) is 9. The Hall–Kier alpha value is -9.48. The highest BCUT2D eigenvalue weighted by molar-refractivity contribution is 5.82. The maximum absolute atomic E-state index is 10.8. The largest absolute Gasteiger partial charge is 0.481 e. The fourth-order valence-electron chi connectivity index (χ4n) is 4.66. The van der Waals surface area contributed by atoms with Crippen LogP contribution in [0.15, 0.2) is 19.0 Å². The Morgan fingerprint density at radius 3 is 1.15 bits per heavy atom. The maximum atomic E-state index is 10.8. The summed E-state index contributed by atoms with van der Waals surface area (Å²) in [4.78, 5) is 125. The summed E-state index contributed by atoms with van der Waals surface area (Å²) < 4.78 is 18.4. The van der Waals surface area contributed by atoms with Crippen LogP contribution < -0.4 is 11.5 Å². The van der Waals surface area contributed by atoms with Gasteiger partial charge in [-0.1, -0.05) is 0 Å². The van der Waals surface area contributed by atoms with Gasteiger partial charge in [0.25, 0.3) is 53.7 Å². The molecule has 4 aromatic heterocycles. The molecule has 0 bridgehead atoms. The van der Waals surface area contributed by atoms with Crippen molar-refractivity contribution in [3.8, 4) is 0 Å². The van der Waals surface area contributed by atoms with E-state index in [0.29, 0.717) is 11.2 Å². The lowest BCUT2D eigenvalue weighted by Crippen LogP contribution is -2.34. The maximum Gasteiger partial charge on any atom is 0.473 e. The van der Waals surface area contributed by atoms with Crippen LogP contribution in [0.4, 0.5) is 17.6 Å². The summed E-state index contributed by atoms with van der Waals surface area (Å²) in [6, 6.07) is 0. The minimum absolute atomic E-state index is 0.0194. The van der Waals surface area contributed by atoms with E-state index in [1.54, 1.807) is 0 Å². The smallest absolute Gasteiger partial charge is 0.473 e. The van der Waals surface area contributed by atoms with Crippen LogP contribution in [0.2, 0.25) is 0 Å². The molecular weight excluding hydrogens is 1100 g/mol. The van der Waals surface area contributed by atoms with Crippen molar-refractivity contribution in [3.05, 3.63) is 29.1 Å². The Kier molecular flexibility index (Phi) is 41.3. The van der Waals surface area contributed by atoms with Crippen molar-refractivity contribution >= 4 is 99.6 Å². The third-order valence-corrected chi connectivity index (χ3v) is 6.84. The lowest BCUT2D eigenvalue weighted by atomic mass is 10.1. The number of esters is 1. The van der Waals surface area contributed by atoms with E-state index in [0.717, 1.165) is 62.3 Å². The summed E-state index contributed by atoms with van der Waals surface area (Å²) in [5.41, 5.74) is 12.1. The van der Waals surface area contributed by atoms with Crippen LogP contribution >= 0.6 is 0 Å². The van der Waals surface area contributed by atoms with Crippen molar-refractivity contribution in [2.75, 3.05) is 24.7 Å². The Morgan fingerprint density at radius 1 is 0.525 bits per heavy atom. The van der Waals surface area contributed by atoms with E-state index < -0.39 is 126 Å². The predicted molar refractivity (Wildman–Crippen MR) is 261 cm³/mol. The first-order valence-corrected chi connectivity index (χ1v) is 21.1. The number of carbonyl (C=O) groups is 10. The number of carboxylic acid groups (broad SMARTS) is 9. The molecule has 6 heterocycles. The fourth-order valence-corrected chi connectivity index (χ4v) is 4.66. The summed E-state index contributed by atoms with van der Waals surface area (Å²) in [5, 5.41) is 127. The Morgan fingerprint density at radius 2 is 0.838 bits per heavy atom. The second-order valence-electron chi connectivity index (χ2n) is 14.3. The van der Waals surface area contributed by atoms with Crippen LogP contribution in [0.5, 0.6) is 0 Å². The van der Waals surface area contributed by atoms with Crippen molar-refractivity contribution in [2.45, 2.75) is 118 Å². The second-order valence-corrected chi connectivity index (χ2v) is 14.3. The van der Waals surface area contributed by atoms with E-state index in [-0.39, 0.29) is 29.4 Å². The highest BCUT2D eigenvalue weighted by Crippen LogP contribution is 2.33. The Labute approximate surface area is 448 Å². The first-order valence-electron chi connectivity index (χ1n) is 21.1. The monoisotopic (exact) mass is 1160 g/mol. The van der Waals surface area contributed by atoms with Gasteiger partial charge in [0.05, 0.1) is 12.9 Å². The number of imidazole rings is 2. The number of aliphatic hydroxyl groups is 5. The molecule has 452 valence electrons. The molecule has 2 aliphatic heterocycles. The minimum atomic E-state index is -1.37. The number of hydrogen-bond acceptors (Lipinski definition) is 28. The van der Waals surface area contributed by atoms with Gasteiger partial charge in [0.1, 0.15) is 61.4 Å². The number of hydrogen-bond donors (Lipinski definition) is 16. The van der Waals surface area contributed by atoms with E-state index in [1.807, 2.05) is 0 Å². The van der Waals surface area contributed by atoms with E-state index >= 15 is 0 Å². The number of anilines is 2. The number of aliphatic hydroxyl groups excluding tert-OH is 5. The van der Waals surface area contributed by atoms with Crippen LogP contribution in [-0.4, -0.2) is 225 Å². The summed E-state index contributed by atoms with van der Waals surface area (Å²) in [5.74, 6) is -8.71. The van der Waals surface area contributed by atoms with Crippen LogP contribution in [0, 0.1) is 10.1 Å². The molecule has 0 unspecified atom stereocenters. The van der Waals surface area contributed by atoms with Gasteiger partial charge in [0.15, 0.2) is 29.4 Å². The predicted octanol–water partition coefficient (Wildman–Crippen LogP) is -2.66. The standard InChI is InChI=1S/C12H15N5O5.C10H12N6O6.9C2H4O2/c1-5(18)21-2-6-8(19)9(20)12(22-6)17-4-16-7-10(13)14-3-15-11(7)17;11-7-4-8(14-10(13-7)16(20)21)15(2-12-4)9-6(19)5(18)3(1-17)22-9;9*1-2(3)4/h3-4,6,8-9,12,19-20H,2H2,1H3,(H2,13,14,15);2-3,5-6,9,17-19H,1H2,(H2,11,13,14);9*1H3,(H,3,4)/t6-,8-,9-,12-;3-,5-,6-,9-;;;;;;;;;/m11........./s1. The van der Waals surface area contributed by atoms with Gasteiger partial charge in [0.2, 0.25) is 11.5 Å². The van der Waals surface area contributed by atoms with Crippen molar-refractivity contribution in [2.24, 2.45) is 0 Å². The molecule has 80 heavy (non-hydrogen) atoms. The molecule has 0 aliphatic carbocycles. The zero-order valence-corrected chi connectivity index (χ0v) is 43.8. The molecule has 8 atom stereocenters. The van der Waals surface area contributed by atoms with Gasteiger partial charge in [-0.3, -0.25) is 57.1 Å². The summed E-state index contributed by atoms with van der Waals surface area (Å²) in [6.07, 6.45) is -5.14. The van der Waals surface area contributed by atoms with E-state index in [1.165, 1.54) is 35.0 Å². The van der Waals surface area contributed by atoms with E-state index in [4.69, 9.17) is 120 Å². The average molecular weight is 1160 g/mol. The zero-order chi connectivity index (χ0) is 64.1. The van der Waals surface area contributed by atoms with Crippen molar-refractivity contribution < 1.29 is 139 Å². The van der Waals surface area contributed by atoms with Gasteiger partial charge >= 0.3 is 11.9 Å². The molecule has 40 nitrogen and oxygen atoms in total. The van der Waals surface area contributed by atoms with Gasteiger partial charge in [-0.05, 0) is 14.9 Å². The first-order chi connectivity index (χ1) is 36.5. The quantitative estimate of drug-likeness (QED) is 0.0532. The number of rotatable bonds is 6. The van der Waals surface area contributed by atoms with Crippen molar-refractivity contribution in [1.82, 2.24) is 39.0 Å². The first kappa shape index (κ1) is 79.4. The van der Waals surface area contributed by atoms with Gasteiger partial charge in [0, 0.05) is 69.2 Å². The summed E-state index contributed by atoms with van der Waals surface area (Å²) in [7, 11) is 0. The summed E-state index contributed by atoms with van der Waals surface area (Å²) >= 11 is 0. The molecule has 0 saturated carbocycles. The number of ether oxygens (including phenoxy) is 3. The number of aromatic nitrogens is 8. The molecule has 0 aromatic carbocycles. The number of nitrogens with two attached hydrogens (primary N) is 2. The number of fused-ring (bicyclic) bond motifs is 2. The third kappa shape index (κ3) is 39.0. The number of carbonyl (C=O) groups excluding carboxylic acids is 1. The normalized spacial score (nSPS) is 18.3. The molecule has 0 radical (unpaired) electrons. The Bertz CT molecular complexity index is 2420. The van der Waals surface area contributed by atoms with Crippen molar-refractivity contribution in [1.29, 1.82) is 0 Å². The van der Waals surface area contributed by atoms with Crippen LogP contribution in [0.25, 0.3) is 22.3 Å². The molecule has 2 saturated heterocycles. The van der Waals surface area contributed by atoms with Crippen LogP contribution in [0.3, 0.4) is 0 Å². The molecule has 2 fully saturated rings. The molecule has 6 rings (SSSR count). The van der Waals surface area contributed by atoms with Gasteiger partial charge in [-0.25, -0.2) is 19.9 Å². The molecule has 2 aliphatic rings. The molecule has 0 amide bonds. The molecule has 18 N–H and O–H groups in total. The molecule has 0 spiro atoms.